The van der Waals surface area contributed by atoms with Crippen LogP contribution in [0.4, 0.5) is 43.6 Å². The number of ether oxygens (including phenoxy) is 1. The number of nitrogens with zero attached hydrogens (tertiary/aromatic N) is 8. The van der Waals surface area contributed by atoms with Gasteiger partial charge in [-0.3, -0.25) is 14.0 Å². The number of likely N-dealkylation sites (N-methyl/N-ethyl adjacent to an activating group) is 1. The monoisotopic (exact) mass is 549 g/mol. The van der Waals surface area contributed by atoms with Gasteiger partial charge in [0, 0.05) is 39.2 Å². The minimum atomic E-state index is -2.88. The normalized spacial score (nSPS) is 11.1. The van der Waals surface area contributed by atoms with Gasteiger partial charge in [0.2, 0.25) is 17.8 Å². The molecule has 5 aromatic rings. The molecule has 0 fully saturated rings. The van der Waals surface area contributed by atoms with Crippen LogP contribution in [0.15, 0.2) is 61.2 Å². The first kappa shape index (κ1) is 26.3. The quantitative estimate of drug-likeness (QED) is 0.237. The molecule has 0 bridgehead atoms. The third-order valence-corrected chi connectivity index (χ3v) is 5.88. The number of amides is 1. The Labute approximate surface area is 226 Å². The lowest BCUT2D eigenvalue weighted by molar-refractivity contribution is -0.121. The molecule has 0 saturated carbocycles. The molecule has 3 N–H and O–H groups in total. The van der Waals surface area contributed by atoms with Crippen molar-refractivity contribution in [3.63, 3.8) is 0 Å². The first-order valence-electron chi connectivity index (χ1n) is 12.0. The molecule has 0 radical (unpaired) electrons. The molecule has 0 saturated heterocycles. The van der Waals surface area contributed by atoms with Crippen molar-refractivity contribution in [3.05, 3.63) is 61.2 Å². The summed E-state index contributed by atoms with van der Waals surface area (Å²) < 4.78 is 32.5. The standard InChI is InChI=1S/C25H25F2N11O2/c1-28-21(39)14-38-13-16(11-31-38)32-24-29-9-8-20(35-24)36(2)17-10-19-22(30-12-17)37(3)25(34-19)33-15-4-6-18(7-5-15)40-23(26)27/h4-13,23H,14H2,1-3H3,(H,28,39)(H,33,34)(H,29,32,35). The zero-order valence-corrected chi connectivity index (χ0v) is 21.7. The smallest absolute Gasteiger partial charge is 0.387 e. The second-order valence-electron chi connectivity index (χ2n) is 8.58. The SMILES string of the molecule is CNC(=O)Cn1cc(Nc2nccc(N(C)c3cnc4c(c3)nc(Nc3ccc(OC(F)F)cc3)n4C)n2)cn1. The summed E-state index contributed by atoms with van der Waals surface area (Å²) in [4.78, 5) is 31.5. The van der Waals surface area contributed by atoms with E-state index in [1.807, 2.05) is 25.1 Å². The van der Waals surface area contributed by atoms with Gasteiger partial charge in [-0.1, -0.05) is 0 Å². The number of hydrogen-bond acceptors (Lipinski definition) is 10. The van der Waals surface area contributed by atoms with Crippen molar-refractivity contribution < 1.29 is 18.3 Å². The largest absolute Gasteiger partial charge is 0.435 e. The maximum Gasteiger partial charge on any atom is 0.387 e. The van der Waals surface area contributed by atoms with Gasteiger partial charge in [-0.15, -0.1) is 0 Å². The van der Waals surface area contributed by atoms with Crippen LogP contribution in [0, 0.1) is 0 Å². The van der Waals surface area contributed by atoms with Crippen molar-refractivity contribution in [2.45, 2.75) is 13.2 Å². The van der Waals surface area contributed by atoms with Crippen LogP contribution in [0.5, 0.6) is 5.75 Å². The molecule has 0 aliphatic rings. The third-order valence-electron chi connectivity index (χ3n) is 5.88. The number of pyridine rings is 1. The zero-order valence-electron chi connectivity index (χ0n) is 21.7. The Kier molecular flexibility index (Phi) is 7.35. The maximum atomic E-state index is 12.4. The Morgan fingerprint density at radius 2 is 1.88 bits per heavy atom. The number of rotatable bonds is 10. The lowest BCUT2D eigenvalue weighted by atomic mass is 10.3. The van der Waals surface area contributed by atoms with E-state index in [0.29, 0.717) is 40.3 Å². The van der Waals surface area contributed by atoms with Gasteiger partial charge in [0.15, 0.2) is 5.65 Å². The average Bonchev–Trinajstić information content (AvgIpc) is 3.51. The van der Waals surface area contributed by atoms with Gasteiger partial charge in [-0.25, -0.2) is 15.0 Å². The summed E-state index contributed by atoms with van der Waals surface area (Å²) in [6.45, 7) is -2.78. The lowest BCUT2D eigenvalue weighted by Crippen LogP contribution is -2.23. The van der Waals surface area contributed by atoms with Crippen molar-refractivity contribution in [3.8, 4) is 5.75 Å². The molecular weight excluding hydrogens is 524 g/mol. The number of carbonyl (C=O) groups is 1. The number of anilines is 6. The predicted molar refractivity (Wildman–Crippen MR) is 145 cm³/mol. The molecule has 0 aliphatic heterocycles. The molecule has 1 amide bonds. The number of carbonyl (C=O) groups excluding carboxylic acids is 1. The fraction of sp³-hybridized carbons (Fsp3) is 0.200. The summed E-state index contributed by atoms with van der Waals surface area (Å²) in [6, 6.07) is 9.78. The highest BCUT2D eigenvalue weighted by atomic mass is 19.3. The van der Waals surface area contributed by atoms with Crippen molar-refractivity contribution in [1.82, 2.24) is 39.6 Å². The molecule has 0 aliphatic carbocycles. The third kappa shape index (κ3) is 5.87. The molecular formula is C25H25F2N11O2. The molecule has 13 nitrogen and oxygen atoms in total. The lowest BCUT2D eigenvalue weighted by Gasteiger charge is -2.18. The predicted octanol–water partition coefficient (Wildman–Crippen LogP) is 3.56. The summed E-state index contributed by atoms with van der Waals surface area (Å²) in [5.74, 6) is 1.39. The van der Waals surface area contributed by atoms with Crippen LogP contribution >= 0.6 is 0 Å². The van der Waals surface area contributed by atoms with Crippen LogP contribution in [0.3, 0.4) is 0 Å². The Morgan fingerprint density at radius 1 is 1.07 bits per heavy atom. The maximum absolute atomic E-state index is 12.4. The summed E-state index contributed by atoms with van der Waals surface area (Å²) in [5.41, 5.74) is 3.32. The van der Waals surface area contributed by atoms with Gasteiger partial charge in [0.25, 0.3) is 0 Å². The fourth-order valence-corrected chi connectivity index (χ4v) is 3.81. The van der Waals surface area contributed by atoms with Crippen molar-refractivity contribution in [2.75, 3.05) is 29.6 Å². The van der Waals surface area contributed by atoms with Gasteiger partial charge < -0.3 is 25.6 Å². The van der Waals surface area contributed by atoms with Gasteiger partial charge in [0.1, 0.15) is 23.6 Å². The van der Waals surface area contributed by atoms with E-state index < -0.39 is 6.61 Å². The van der Waals surface area contributed by atoms with E-state index in [-0.39, 0.29) is 18.2 Å². The van der Waals surface area contributed by atoms with E-state index in [1.54, 1.807) is 54.6 Å². The van der Waals surface area contributed by atoms with Gasteiger partial charge in [0.05, 0.1) is 23.8 Å². The Balaban J connectivity index is 1.31. The molecule has 40 heavy (non-hydrogen) atoms. The number of alkyl halides is 2. The molecule has 5 rings (SSSR count). The van der Waals surface area contributed by atoms with Crippen LogP contribution in [0.25, 0.3) is 11.2 Å². The van der Waals surface area contributed by atoms with Gasteiger partial charge in [-0.05, 0) is 36.4 Å². The number of nitrogens with one attached hydrogen (secondary N) is 3. The number of halogens is 2. The average molecular weight is 550 g/mol. The summed E-state index contributed by atoms with van der Waals surface area (Å²) in [6.07, 6.45) is 6.61. The van der Waals surface area contributed by atoms with Gasteiger partial charge in [-0.2, -0.15) is 18.9 Å². The Morgan fingerprint density at radius 3 is 2.62 bits per heavy atom. The number of benzene rings is 1. The van der Waals surface area contributed by atoms with Crippen LogP contribution in [0.2, 0.25) is 0 Å². The van der Waals surface area contributed by atoms with E-state index in [9.17, 15) is 13.6 Å². The summed E-state index contributed by atoms with van der Waals surface area (Å²) in [5, 5.41) is 13.0. The van der Waals surface area contributed by atoms with E-state index in [0.717, 1.165) is 5.69 Å². The van der Waals surface area contributed by atoms with E-state index >= 15 is 0 Å². The molecule has 1 aromatic carbocycles. The highest BCUT2D eigenvalue weighted by molar-refractivity contribution is 5.80. The minimum Gasteiger partial charge on any atom is -0.435 e. The Hall–Kier alpha value is -5.34. The first-order valence-corrected chi connectivity index (χ1v) is 12.0. The second-order valence-corrected chi connectivity index (χ2v) is 8.58. The molecule has 206 valence electrons. The number of aromatic nitrogens is 7. The molecule has 0 unspecified atom stereocenters. The van der Waals surface area contributed by atoms with E-state index in [4.69, 9.17) is 0 Å². The minimum absolute atomic E-state index is 0.0686. The Bertz CT molecular complexity index is 1640. The van der Waals surface area contributed by atoms with Crippen LogP contribution < -0.4 is 25.6 Å². The summed E-state index contributed by atoms with van der Waals surface area (Å²) in [7, 11) is 5.24. The van der Waals surface area contributed by atoms with Crippen molar-refractivity contribution in [1.29, 1.82) is 0 Å². The molecule has 4 aromatic heterocycles. The van der Waals surface area contributed by atoms with Crippen molar-refractivity contribution in [2.24, 2.45) is 7.05 Å². The highest BCUT2D eigenvalue weighted by Crippen LogP contribution is 2.28. The zero-order chi connectivity index (χ0) is 28.2. The highest BCUT2D eigenvalue weighted by Gasteiger charge is 2.14. The van der Waals surface area contributed by atoms with E-state index in [2.05, 4.69) is 45.7 Å². The number of fused-ring (bicyclic) bond motifs is 1. The summed E-state index contributed by atoms with van der Waals surface area (Å²) >= 11 is 0. The number of imidazole rings is 1. The fourth-order valence-electron chi connectivity index (χ4n) is 3.81. The molecule has 4 heterocycles. The number of hydrogen-bond donors (Lipinski definition) is 3. The topological polar surface area (TPSA) is 140 Å². The number of aryl methyl sites for hydroxylation is 1. The van der Waals surface area contributed by atoms with E-state index in [1.165, 1.54) is 16.8 Å². The first-order chi connectivity index (χ1) is 19.3. The van der Waals surface area contributed by atoms with Crippen LogP contribution in [0.1, 0.15) is 0 Å². The van der Waals surface area contributed by atoms with Crippen LogP contribution in [-0.2, 0) is 18.4 Å². The van der Waals surface area contributed by atoms with Gasteiger partial charge >= 0.3 is 6.61 Å². The second kappa shape index (κ2) is 11.2. The molecule has 15 heteroatoms. The van der Waals surface area contributed by atoms with Crippen molar-refractivity contribution >= 4 is 51.8 Å². The molecule has 0 atom stereocenters. The van der Waals surface area contributed by atoms with Crippen LogP contribution in [-0.4, -0.2) is 60.9 Å². The molecule has 0 spiro atoms.